The molecule has 1 aromatic heterocycles. The highest BCUT2D eigenvalue weighted by atomic mass is 32.1. The molecule has 1 aliphatic rings. The van der Waals surface area contributed by atoms with Gasteiger partial charge >= 0.3 is 0 Å². The van der Waals surface area contributed by atoms with E-state index in [0.29, 0.717) is 10.4 Å². The van der Waals surface area contributed by atoms with E-state index >= 15 is 0 Å². The van der Waals surface area contributed by atoms with Crippen LogP contribution in [0, 0.1) is 11.6 Å². The third-order valence-corrected chi connectivity index (χ3v) is 4.86. The van der Waals surface area contributed by atoms with Gasteiger partial charge in [-0.25, -0.2) is 8.78 Å². The van der Waals surface area contributed by atoms with Gasteiger partial charge in [-0.2, -0.15) is 0 Å². The molecule has 2 nitrogen and oxygen atoms in total. The first-order chi connectivity index (χ1) is 10.1. The standard InChI is InChI=1S/C16H15F2NOS/c17-12-6-5-10(9-13(12)18)14-7-8-15(21-14)16(20)19-11-3-1-2-4-11/h5-9,11H,1-4H2,(H,19,20). The van der Waals surface area contributed by atoms with Crippen molar-refractivity contribution < 1.29 is 13.6 Å². The minimum absolute atomic E-state index is 0.0827. The second-order valence-electron chi connectivity index (χ2n) is 5.25. The minimum atomic E-state index is -0.877. The van der Waals surface area contributed by atoms with Crippen molar-refractivity contribution in [2.45, 2.75) is 31.7 Å². The molecule has 1 saturated carbocycles. The molecule has 3 rings (SSSR count). The minimum Gasteiger partial charge on any atom is -0.349 e. The summed E-state index contributed by atoms with van der Waals surface area (Å²) < 4.78 is 26.2. The Labute approximate surface area is 125 Å². The summed E-state index contributed by atoms with van der Waals surface area (Å²) in [4.78, 5) is 13.5. The summed E-state index contributed by atoms with van der Waals surface area (Å²) in [6.45, 7) is 0. The van der Waals surface area contributed by atoms with Gasteiger partial charge in [0, 0.05) is 10.9 Å². The molecule has 1 N–H and O–H groups in total. The first-order valence-corrected chi connectivity index (χ1v) is 7.81. The third-order valence-electron chi connectivity index (χ3n) is 3.72. The molecule has 1 fully saturated rings. The first-order valence-electron chi connectivity index (χ1n) is 6.99. The Morgan fingerprint density at radius 2 is 1.86 bits per heavy atom. The molecule has 110 valence electrons. The van der Waals surface area contributed by atoms with Gasteiger partial charge in [-0.05, 0) is 42.7 Å². The Hall–Kier alpha value is -1.75. The van der Waals surface area contributed by atoms with Gasteiger partial charge in [-0.15, -0.1) is 11.3 Å². The lowest BCUT2D eigenvalue weighted by molar-refractivity contribution is 0.0942. The van der Waals surface area contributed by atoms with Crippen LogP contribution in [0.25, 0.3) is 10.4 Å². The van der Waals surface area contributed by atoms with Gasteiger partial charge < -0.3 is 5.32 Å². The number of carbonyl (C=O) groups is 1. The Kier molecular flexibility index (Phi) is 4.01. The van der Waals surface area contributed by atoms with Gasteiger partial charge in [0.1, 0.15) is 0 Å². The van der Waals surface area contributed by atoms with Gasteiger partial charge in [0.2, 0.25) is 0 Å². The van der Waals surface area contributed by atoms with Crippen LogP contribution in [-0.4, -0.2) is 11.9 Å². The Morgan fingerprint density at radius 3 is 2.57 bits per heavy atom. The number of benzene rings is 1. The van der Waals surface area contributed by atoms with Crippen molar-refractivity contribution in [2.24, 2.45) is 0 Å². The monoisotopic (exact) mass is 307 g/mol. The summed E-state index contributed by atoms with van der Waals surface area (Å²) in [5.41, 5.74) is 0.582. The van der Waals surface area contributed by atoms with Gasteiger partial charge in [-0.3, -0.25) is 4.79 Å². The number of hydrogen-bond acceptors (Lipinski definition) is 2. The van der Waals surface area contributed by atoms with Crippen molar-refractivity contribution in [2.75, 3.05) is 0 Å². The number of carbonyl (C=O) groups excluding carboxylic acids is 1. The number of nitrogens with one attached hydrogen (secondary N) is 1. The highest BCUT2D eigenvalue weighted by Crippen LogP contribution is 2.29. The van der Waals surface area contributed by atoms with Crippen LogP contribution in [0.2, 0.25) is 0 Å². The number of thiophene rings is 1. The lowest BCUT2D eigenvalue weighted by atomic mass is 10.2. The van der Waals surface area contributed by atoms with Crippen LogP contribution in [0.15, 0.2) is 30.3 Å². The largest absolute Gasteiger partial charge is 0.349 e. The zero-order chi connectivity index (χ0) is 14.8. The molecule has 0 atom stereocenters. The van der Waals surface area contributed by atoms with Crippen molar-refractivity contribution in [3.63, 3.8) is 0 Å². The number of hydrogen-bond donors (Lipinski definition) is 1. The smallest absolute Gasteiger partial charge is 0.261 e. The Morgan fingerprint density at radius 1 is 1.10 bits per heavy atom. The fourth-order valence-corrected chi connectivity index (χ4v) is 3.50. The van der Waals surface area contributed by atoms with E-state index in [1.54, 1.807) is 12.1 Å². The average molecular weight is 307 g/mol. The van der Waals surface area contributed by atoms with Crippen LogP contribution in [0.4, 0.5) is 8.78 Å². The molecule has 1 aliphatic carbocycles. The molecule has 0 radical (unpaired) electrons. The fraction of sp³-hybridized carbons (Fsp3) is 0.312. The Bertz CT molecular complexity index is 662. The van der Waals surface area contributed by atoms with Gasteiger partial charge in [0.15, 0.2) is 11.6 Å². The molecular weight excluding hydrogens is 292 g/mol. The van der Waals surface area contributed by atoms with Crippen molar-refractivity contribution in [3.8, 4) is 10.4 Å². The predicted molar refractivity (Wildman–Crippen MR) is 79.4 cm³/mol. The third kappa shape index (κ3) is 3.13. The highest BCUT2D eigenvalue weighted by Gasteiger charge is 2.19. The predicted octanol–water partition coefficient (Wildman–Crippen LogP) is 4.37. The highest BCUT2D eigenvalue weighted by molar-refractivity contribution is 7.17. The summed E-state index contributed by atoms with van der Waals surface area (Å²) >= 11 is 1.29. The topological polar surface area (TPSA) is 29.1 Å². The van der Waals surface area contributed by atoms with E-state index < -0.39 is 11.6 Å². The number of halogens is 2. The van der Waals surface area contributed by atoms with Crippen molar-refractivity contribution in [1.82, 2.24) is 5.32 Å². The van der Waals surface area contributed by atoms with E-state index in [1.807, 2.05) is 0 Å². The van der Waals surface area contributed by atoms with Crippen molar-refractivity contribution >= 4 is 17.2 Å². The molecular formula is C16H15F2NOS. The molecule has 0 saturated heterocycles. The van der Waals surface area contributed by atoms with E-state index in [4.69, 9.17) is 0 Å². The molecule has 0 bridgehead atoms. The maximum Gasteiger partial charge on any atom is 0.261 e. The molecule has 0 spiro atoms. The lowest BCUT2D eigenvalue weighted by Crippen LogP contribution is -2.31. The van der Waals surface area contributed by atoms with Gasteiger partial charge in [0.05, 0.1) is 4.88 Å². The van der Waals surface area contributed by atoms with Crippen LogP contribution in [0.1, 0.15) is 35.4 Å². The Balaban J connectivity index is 1.75. The average Bonchev–Trinajstić information content (AvgIpc) is 3.12. The van der Waals surface area contributed by atoms with Crippen LogP contribution < -0.4 is 5.32 Å². The van der Waals surface area contributed by atoms with Gasteiger partial charge in [0.25, 0.3) is 5.91 Å². The summed E-state index contributed by atoms with van der Waals surface area (Å²) in [6, 6.07) is 7.53. The number of rotatable bonds is 3. The quantitative estimate of drug-likeness (QED) is 0.896. The maximum atomic E-state index is 13.3. The fourth-order valence-electron chi connectivity index (χ4n) is 2.59. The summed E-state index contributed by atoms with van der Waals surface area (Å²) in [5.74, 6) is -1.83. The van der Waals surface area contributed by atoms with Crippen LogP contribution >= 0.6 is 11.3 Å². The molecule has 1 amide bonds. The SMILES string of the molecule is O=C(NC1CCCC1)c1ccc(-c2ccc(F)c(F)c2)s1. The van der Waals surface area contributed by atoms with E-state index in [-0.39, 0.29) is 11.9 Å². The molecule has 2 aromatic rings. The van der Waals surface area contributed by atoms with E-state index in [1.165, 1.54) is 17.4 Å². The van der Waals surface area contributed by atoms with Crippen LogP contribution in [0.5, 0.6) is 0 Å². The van der Waals surface area contributed by atoms with Crippen molar-refractivity contribution in [1.29, 1.82) is 0 Å². The maximum absolute atomic E-state index is 13.3. The van der Waals surface area contributed by atoms with Crippen LogP contribution in [0.3, 0.4) is 0 Å². The van der Waals surface area contributed by atoms with E-state index in [2.05, 4.69) is 5.32 Å². The van der Waals surface area contributed by atoms with E-state index in [9.17, 15) is 13.6 Å². The molecule has 5 heteroatoms. The van der Waals surface area contributed by atoms with Crippen molar-refractivity contribution in [3.05, 3.63) is 46.8 Å². The molecule has 0 aliphatic heterocycles. The summed E-state index contributed by atoms with van der Waals surface area (Å²) in [7, 11) is 0. The number of amides is 1. The normalized spacial score (nSPS) is 15.3. The second-order valence-corrected chi connectivity index (χ2v) is 6.33. The molecule has 1 heterocycles. The lowest BCUT2D eigenvalue weighted by Gasteiger charge is -2.10. The molecule has 1 aromatic carbocycles. The molecule has 0 unspecified atom stereocenters. The summed E-state index contributed by atoms with van der Waals surface area (Å²) in [6.07, 6.45) is 4.39. The second kappa shape index (κ2) is 5.93. The zero-order valence-corrected chi connectivity index (χ0v) is 12.2. The van der Waals surface area contributed by atoms with Gasteiger partial charge in [-0.1, -0.05) is 18.9 Å². The zero-order valence-electron chi connectivity index (χ0n) is 11.4. The summed E-state index contributed by atoms with van der Waals surface area (Å²) in [5, 5.41) is 3.02. The molecule has 21 heavy (non-hydrogen) atoms. The van der Waals surface area contributed by atoms with E-state index in [0.717, 1.165) is 42.7 Å². The first kappa shape index (κ1) is 14.2. The van der Waals surface area contributed by atoms with Crippen LogP contribution in [-0.2, 0) is 0 Å².